The molecule has 0 heterocycles. The molecule has 0 saturated heterocycles. The van der Waals surface area contributed by atoms with Crippen molar-refractivity contribution in [3.63, 3.8) is 0 Å². The predicted octanol–water partition coefficient (Wildman–Crippen LogP) is 2.52. The highest BCUT2D eigenvalue weighted by Gasteiger charge is 2.22. The maximum Gasteiger partial charge on any atom is 0.323 e. The van der Waals surface area contributed by atoms with Crippen molar-refractivity contribution in [2.45, 2.75) is 12.8 Å². The zero-order valence-electron chi connectivity index (χ0n) is 13.8. The van der Waals surface area contributed by atoms with E-state index in [4.69, 9.17) is 5.11 Å². The zero-order chi connectivity index (χ0) is 18.2. The third-order valence-electron chi connectivity index (χ3n) is 3.68. The Morgan fingerprint density at radius 3 is 2.28 bits per heavy atom. The van der Waals surface area contributed by atoms with Crippen LogP contribution < -0.4 is 4.90 Å². The SMILES string of the molecule is COC(=O)CCc1ccccc1C(=O)N(CC(=O)O)c1ccccc1. The number of amides is 1. The van der Waals surface area contributed by atoms with E-state index < -0.39 is 18.4 Å². The fourth-order valence-corrected chi connectivity index (χ4v) is 2.45. The van der Waals surface area contributed by atoms with Crippen LogP contribution in [0.15, 0.2) is 54.6 Å². The van der Waals surface area contributed by atoms with Crippen LogP contribution >= 0.6 is 0 Å². The Morgan fingerprint density at radius 2 is 1.64 bits per heavy atom. The molecule has 0 aromatic heterocycles. The number of esters is 1. The quantitative estimate of drug-likeness (QED) is 0.782. The van der Waals surface area contributed by atoms with E-state index in [9.17, 15) is 14.4 Å². The number of aliphatic carboxylic acids is 1. The standard InChI is InChI=1S/C19H19NO5/c1-25-18(23)12-11-14-7-5-6-10-16(14)19(24)20(13-17(21)22)15-8-3-2-4-9-15/h2-10H,11-13H2,1H3,(H,21,22). The van der Waals surface area contributed by atoms with Gasteiger partial charge in [-0.1, -0.05) is 36.4 Å². The van der Waals surface area contributed by atoms with Gasteiger partial charge in [-0.25, -0.2) is 0 Å². The fraction of sp³-hybridized carbons (Fsp3) is 0.211. The second-order valence-electron chi connectivity index (χ2n) is 5.35. The molecule has 0 radical (unpaired) electrons. The molecular formula is C19H19NO5. The molecule has 0 saturated carbocycles. The van der Waals surface area contributed by atoms with Gasteiger partial charge in [-0.05, 0) is 30.2 Å². The van der Waals surface area contributed by atoms with Gasteiger partial charge in [0.15, 0.2) is 0 Å². The second kappa shape index (κ2) is 8.63. The van der Waals surface area contributed by atoms with E-state index in [-0.39, 0.29) is 12.4 Å². The third-order valence-corrected chi connectivity index (χ3v) is 3.68. The minimum atomic E-state index is -1.11. The Morgan fingerprint density at radius 1 is 1.00 bits per heavy atom. The van der Waals surface area contributed by atoms with Crippen LogP contribution in [0, 0.1) is 0 Å². The topological polar surface area (TPSA) is 83.9 Å². The molecule has 0 atom stereocenters. The third kappa shape index (κ3) is 4.91. The molecule has 6 heteroatoms. The Bertz CT molecular complexity index is 757. The van der Waals surface area contributed by atoms with Crippen molar-refractivity contribution in [2.24, 2.45) is 0 Å². The van der Waals surface area contributed by atoms with Crippen LogP contribution in [0.1, 0.15) is 22.3 Å². The molecule has 130 valence electrons. The van der Waals surface area contributed by atoms with Crippen LogP contribution in [0.2, 0.25) is 0 Å². The molecule has 2 rings (SSSR count). The highest BCUT2D eigenvalue weighted by molar-refractivity contribution is 6.09. The van der Waals surface area contributed by atoms with Gasteiger partial charge in [-0.2, -0.15) is 0 Å². The number of methoxy groups -OCH3 is 1. The van der Waals surface area contributed by atoms with Crippen molar-refractivity contribution in [1.29, 1.82) is 0 Å². The van der Waals surface area contributed by atoms with Gasteiger partial charge in [-0.15, -0.1) is 0 Å². The number of benzene rings is 2. The summed E-state index contributed by atoms with van der Waals surface area (Å²) >= 11 is 0. The van der Waals surface area contributed by atoms with E-state index in [0.29, 0.717) is 23.2 Å². The van der Waals surface area contributed by atoms with Crippen molar-refractivity contribution >= 4 is 23.5 Å². The Labute approximate surface area is 145 Å². The van der Waals surface area contributed by atoms with Crippen LogP contribution in [0.4, 0.5) is 5.69 Å². The molecule has 0 bridgehead atoms. The molecule has 2 aromatic rings. The van der Waals surface area contributed by atoms with Gasteiger partial charge in [0.2, 0.25) is 0 Å². The van der Waals surface area contributed by atoms with Crippen molar-refractivity contribution in [1.82, 2.24) is 0 Å². The first-order chi connectivity index (χ1) is 12.0. The van der Waals surface area contributed by atoms with E-state index in [1.54, 1.807) is 54.6 Å². The normalized spacial score (nSPS) is 10.1. The summed E-state index contributed by atoms with van der Waals surface area (Å²) in [7, 11) is 1.31. The minimum absolute atomic E-state index is 0.144. The number of nitrogens with zero attached hydrogens (tertiary/aromatic N) is 1. The highest BCUT2D eigenvalue weighted by atomic mass is 16.5. The Kier molecular flexibility index (Phi) is 6.28. The lowest BCUT2D eigenvalue weighted by atomic mass is 10.0. The molecular weight excluding hydrogens is 322 g/mol. The van der Waals surface area contributed by atoms with E-state index in [2.05, 4.69) is 4.74 Å². The molecule has 0 aliphatic rings. The summed E-state index contributed by atoms with van der Waals surface area (Å²) in [5.41, 5.74) is 1.54. The van der Waals surface area contributed by atoms with Gasteiger partial charge in [0.25, 0.3) is 5.91 Å². The number of rotatable bonds is 7. The van der Waals surface area contributed by atoms with E-state index >= 15 is 0 Å². The number of hydrogen-bond donors (Lipinski definition) is 1. The second-order valence-corrected chi connectivity index (χ2v) is 5.35. The summed E-state index contributed by atoms with van der Waals surface area (Å²) in [6.07, 6.45) is 0.481. The van der Waals surface area contributed by atoms with Crippen molar-refractivity contribution < 1.29 is 24.2 Å². The average molecular weight is 341 g/mol. The molecule has 0 aliphatic heterocycles. The number of anilines is 1. The highest BCUT2D eigenvalue weighted by Crippen LogP contribution is 2.20. The summed E-state index contributed by atoms with van der Waals surface area (Å²) in [4.78, 5) is 36.7. The first-order valence-electron chi connectivity index (χ1n) is 7.76. The number of ether oxygens (including phenoxy) is 1. The van der Waals surface area contributed by atoms with Crippen LogP contribution in [0.25, 0.3) is 0 Å². The van der Waals surface area contributed by atoms with Crippen LogP contribution in [0.5, 0.6) is 0 Å². The monoisotopic (exact) mass is 341 g/mol. The van der Waals surface area contributed by atoms with E-state index in [0.717, 1.165) is 0 Å². The van der Waals surface area contributed by atoms with E-state index in [1.165, 1.54) is 12.0 Å². The number of carboxylic acid groups (broad SMARTS) is 1. The summed E-state index contributed by atoms with van der Waals surface area (Å²) in [6, 6.07) is 15.5. The van der Waals surface area contributed by atoms with E-state index in [1.807, 2.05) is 0 Å². The Hall–Kier alpha value is -3.15. The average Bonchev–Trinajstić information content (AvgIpc) is 2.64. The number of carbonyl (C=O) groups is 3. The zero-order valence-corrected chi connectivity index (χ0v) is 13.8. The van der Waals surface area contributed by atoms with Crippen molar-refractivity contribution in [2.75, 3.05) is 18.6 Å². The molecule has 0 aliphatic carbocycles. The largest absolute Gasteiger partial charge is 0.480 e. The number of carboxylic acids is 1. The van der Waals surface area contributed by atoms with Gasteiger partial charge in [0.1, 0.15) is 6.54 Å². The molecule has 0 unspecified atom stereocenters. The van der Waals surface area contributed by atoms with Gasteiger partial charge >= 0.3 is 11.9 Å². The van der Waals surface area contributed by atoms with Crippen LogP contribution in [-0.4, -0.2) is 36.6 Å². The number of hydrogen-bond acceptors (Lipinski definition) is 4. The fourth-order valence-electron chi connectivity index (χ4n) is 2.45. The summed E-state index contributed by atoms with van der Waals surface area (Å²) in [6.45, 7) is -0.450. The lowest BCUT2D eigenvalue weighted by Gasteiger charge is -2.22. The number of para-hydroxylation sites is 1. The molecule has 1 amide bonds. The molecule has 0 fully saturated rings. The first-order valence-corrected chi connectivity index (χ1v) is 7.76. The van der Waals surface area contributed by atoms with Gasteiger partial charge < -0.3 is 9.84 Å². The van der Waals surface area contributed by atoms with Gasteiger partial charge in [0, 0.05) is 17.7 Å². The molecule has 0 spiro atoms. The lowest BCUT2D eigenvalue weighted by molar-refractivity contribution is -0.140. The summed E-state index contributed by atoms with van der Waals surface area (Å²) in [5.74, 6) is -1.90. The maximum atomic E-state index is 13.0. The van der Waals surface area contributed by atoms with Gasteiger partial charge in [0.05, 0.1) is 7.11 Å². The molecule has 25 heavy (non-hydrogen) atoms. The predicted molar refractivity (Wildman–Crippen MR) is 92.5 cm³/mol. The number of aryl methyl sites for hydroxylation is 1. The molecule has 6 nitrogen and oxygen atoms in total. The lowest BCUT2D eigenvalue weighted by Crippen LogP contribution is -2.36. The smallest absolute Gasteiger partial charge is 0.323 e. The van der Waals surface area contributed by atoms with Gasteiger partial charge in [-0.3, -0.25) is 19.3 Å². The molecule has 1 N–H and O–H groups in total. The minimum Gasteiger partial charge on any atom is -0.480 e. The maximum absolute atomic E-state index is 13.0. The van der Waals surface area contributed by atoms with Crippen LogP contribution in [0.3, 0.4) is 0 Å². The van der Waals surface area contributed by atoms with Crippen molar-refractivity contribution in [3.05, 3.63) is 65.7 Å². The molecule has 2 aromatic carbocycles. The summed E-state index contributed by atoms with van der Waals surface area (Å²) in [5, 5.41) is 9.16. The van der Waals surface area contributed by atoms with Crippen LogP contribution in [-0.2, 0) is 20.7 Å². The number of carbonyl (C=O) groups excluding carboxylic acids is 2. The first kappa shape index (κ1) is 18.2. The van der Waals surface area contributed by atoms with Crippen molar-refractivity contribution in [3.8, 4) is 0 Å². The summed E-state index contributed by atoms with van der Waals surface area (Å²) < 4.78 is 4.63. The Balaban J connectivity index is 2.33.